The molecule has 0 aliphatic heterocycles. The minimum Gasteiger partial charge on any atom is -0.318 e. The van der Waals surface area contributed by atoms with Gasteiger partial charge in [0.15, 0.2) is 5.65 Å². The normalized spacial score (nSPS) is 12.1. The van der Waals surface area contributed by atoms with Crippen LogP contribution in [0.5, 0.6) is 0 Å². The van der Waals surface area contributed by atoms with Crippen LogP contribution in [0, 0.1) is 6.92 Å². The largest absolute Gasteiger partial charge is 0.318 e. The minimum absolute atomic E-state index is 0.272. The smallest absolute Gasteiger partial charge is 0.245 e. The average molecular weight is 236 g/mol. The Labute approximate surface area is 98.4 Å². The molecule has 0 spiro atoms. The molecule has 7 heteroatoms. The fraction of sp³-hybridized carbons (Fsp3) is 0.500. The first-order valence-electron chi connectivity index (χ1n) is 5.28. The van der Waals surface area contributed by atoms with Gasteiger partial charge in [-0.05, 0) is 20.8 Å². The predicted molar refractivity (Wildman–Crippen MR) is 64.5 cm³/mol. The van der Waals surface area contributed by atoms with E-state index in [1.807, 2.05) is 6.92 Å². The molecule has 0 fully saturated rings. The molecule has 0 aliphatic carbocycles. The highest BCUT2D eigenvalue weighted by atomic mass is 16.2. The summed E-state index contributed by atoms with van der Waals surface area (Å²) in [6, 6.07) is 0. The van der Waals surface area contributed by atoms with E-state index in [4.69, 9.17) is 5.73 Å². The van der Waals surface area contributed by atoms with Gasteiger partial charge in [0.1, 0.15) is 5.82 Å². The maximum atomic E-state index is 11.8. The van der Waals surface area contributed by atoms with Crippen LogP contribution in [0.3, 0.4) is 0 Å². The van der Waals surface area contributed by atoms with Gasteiger partial charge in [0.25, 0.3) is 0 Å². The number of amides is 1. The number of aromatic amines is 1. The van der Waals surface area contributed by atoms with Crippen LogP contribution >= 0.6 is 0 Å². The number of aromatic nitrogens is 4. The molecule has 0 aliphatic rings. The lowest BCUT2D eigenvalue weighted by atomic mass is 10.1. The molecule has 0 atom stereocenters. The predicted octanol–water partition coefficient (Wildman–Crippen LogP) is 0.281. The van der Waals surface area contributed by atoms with Gasteiger partial charge in [-0.25, -0.2) is 4.68 Å². The Balaban J connectivity index is 2.41. The van der Waals surface area contributed by atoms with Crippen molar-refractivity contribution in [2.24, 2.45) is 12.8 Å². The second-order valence-electron chi connectivity index (χ2n) is 4.68. The number of carbonyl (C=O) groups is 1. The van der Waals surface area contributed by atoms with Gasteiger partial charge in [-0.1, -0.05) is 0 Å². The van der Waals surface area contributed by atoms with Crippen molar-refractivity contribution in [2.45, 2.75) is 26.3 Å². The van der Waals surface area contributed by atoms with Crippen molar-refractivity contribution in [2.75, 3.05) is 5.32 Å². The molecule has 0 aromatic carbocycles. The highest BCUT2D eigenvalue weighted by Crippen LogP contribution is 2.23. The number of H-pyrrole nitrogens is 1. The van der Waals surface area contributed by atoms with Crippen LogP contribution in [0.25, 0.3) is 11.0 Å². The quantitative estimate of drug-likeness (QED) is 0.697. The van der Waals surface area contributed by atoms with Crippen molar-refractivity contribution in [3.63, 3.8) is 0 Å². The zero-order chi connectivity index (χ0) is 12.8. The van der Waals surface area contributed by atoms with Crippen molar-refractivity contribution in [1.82, 2.24) is 20.0 Å². The summed E-state index contributed by atoms with van der Waals surface area (Å²) in [6.45, 7) is 5.15. The molecule has 0 saturated carbocycles. The van der Waals surface area contributed by atoms with Crippen LogP contribution in [0.15, 0.2) is 0 Å². The Morgan fingerprint density at radius 3 is 2.76 bits per heavy atom. The first kappa shape index (κ1) is 11.6. The summed E-state index contributed by atoms with van der Waals surface area (Å²) in [7, 11) is 1.80. The molecule has 17 heavy (non-hydrogen) atoms. The zero-order valence-corrected chi connectivity index (χ0v) is 10.3. The average Bonchev–Trinajstić information content (AvgIpc) is 2.70. The Kier molecular flexibility index (Phi) is 2.43. The van der Waals surface area contributed by atoms with Gasteiger partial charge >= 0.3 is 0 Å². The van der Waals surface area contributed by atoms with E-state index in [1.165, 1.54) is 0 Å². The second-order valence-corrected chi connectivity index (χ2v) is 4.68. The first-order valence-corrected chi connectivity index (χ1v) is 5.28. The number of nitrogens with one attached hydrogen (secondary N) is 2. The van der Waals surface area contributed by atoms with E-state index in [0.717, 1.165) is 11.1 Å². The number of hydrogen-bond donors (Lipinski definition) is 3. The lowest BCUT2D eigenvalue weighted by Crippen LogP contribution is -2.45. The Morgan fingerprint density at radius 2 is 2.18 bits per heavy atom. The van der Waals surface area contributed by atoms with E-state index < -0.39 is 5.54 Å². The number of hydrogen-bond acceptors (Lipinski definition) is 4. The summed E-state index contributed by atoms with van der Waals surface area (Å²) in [4.78, 5) is 11.8. The molecule has 2 aromatic heterocycles. The van der Waals surface area contributed by atoms with Crippen LogP contribution in [0.4, 0.5) is 5.82 Å². The molecule has 2 aromatic rings. The molecule has 0 bridgehead atoms. The van der Waals surface area contributed by atoms with Gasteiger partial charge in [-0.2, -0.15) is 10.2 Å². The zero-order valence-electron chi connectivity index (χ0n) is 10.3. The van der Waals surface area contributed by atoms with E-state index >= 15 is 0 Å². The number of carbonyl (C=O) groups excluding carboxylic acids is 1. The summed E-state index contributed by atoms with van der Waals surface area (Å²) < 4.78 is 1.66. The maximum absolute atomic E-state index is 11.8. The highest BCUT2D eigenvalue weighted by molar-refractivity contribution is 6.03. The van der Waals surface area contributed by atoms with Crippen LogP contribution in [-0.4, -0.2) is 31.4 Å². The number of nitrogens with two attached hydrogens (primary N) is 1. The monoisotopic (exact) mass is 236 g/mol. The molecule has 0 saturated heterocycles. The van der Waals surface area contributed by atoms with Crippen molar-refractivity contribution < 1.29 is 4.79 Å². The first-order chi connectivity index (χ1) is 7.80. The molecule has 0 unspecified atom stereocenters. The molecule has 2 heterocycles. The molecule has 0 radical (unpaired) electrons. The van der Waals surface area contributed by atoms with Gasteiger partial charge in [0, 0.05) is 7.05 Å². The molecule has 1 amide bonds. The minimum atomic E-state index is -0.937. The fourth-order valence-corrected chi connectivity index (χ4v) is 1.60. The van der Waals surface area contributed by atoms with Gasteiger partial charge in [-0.3, -0.25) is 9.89 Å². The summed E-state index contributed by atoms with van der Waals surface area (Å²) in [5, 5.41) is 14.6. The fourth-order valence-electron chi connectivity index (χ4n) is 1.60. The topological polar surface area (TPSA) is 102 Å². The standard InChI is InChI=1S/C10H16N6O/c1-5-6-7(12-9(17)10(2,3)11)13-14-8(6)16(4)15-5/h11H2,1-4H3,(H2,12,13,14,17). The van der Waals surface area contributed by atoms with Crippen molar-refractivity contribution >= 4 is 22.8 Å². The van der Waals surface area contributed by atoms with Crippen LogP contribution in [0.2, 0.25) is 0 Å². The molecular weight excluding hydrogens is 220 g/mol. The third kappa shape index (κ3) is 1.89. The molecule has 4 N–H and O–H groups in total. The van der Waals surface area contributed by atoms with Gasteiger partial charge < -0.3 is 11.1 Å². The number of aryl methyl sites for hydroxylation is 2. The number of fused-ring (bicyclic) bond motifs is 1. The number of anilines is 1. The SMILES string of the molecule is Cc1nn(C)c2n[nH]c(NC(=O)C(C)(C)N)c12. The number of nitrogens with zero attached hydrogens (tertiary/aromatic N) is 3. The summed E-state index contributed by atoms with van der Waals surface area (Å²) in [5.41, 5.74) is 6.29. The lowest BCUT2D eigenvalue weighted by Gasteiger charge is -2.16. The van der Waals surface area contributed by atoms with Crippen LogP contribution in [0.1, 0.15) is 19.5 Å². The van der Waals surface area contributed by atoms with Crippen LogP contribution < -0.4 is 11.1 Å². The van der Waals surface area contributed by atoms with Crippen molar-refractivity contribution in [1.29, 1.82) is 0 Å². The summed E-state index contributed by atoms with van der Waals surface area (Å²) in [6.07, 6.45) is 0. The third-order valence-corrected chi connectivity index (χ3v) is 2.54. The highest BCUT2D eigenvalue weighted by Gasteiger charge is 2.24. The maximum Gasteiger partial charge on any atom is 0.245 e. The van der Waals surface area contributed by atoms with Crippen molar-refractivity contribution in [3.05, 3.63) is 5.69 Å². The van der Waals surface area contributed by atoms with Crippen molar-refractivity contribution in [3.8, 4) is 0 Å². The van der Waals surface area contributed by atoms with Crippen LogP contribution in [-0.2, 0) is 11.8 Å². The van der Waals surface area contributed by atoms with Gasteiger partial charge in [0.05, 0.1) is 16.6 Å². The van der Waals surface area contributed by atoms with E-state index in [0.29, 0.717) is 11.5 Å². The summed E-state index contributed by atoms with van der Waals surface area (Å²) in [5.74, 6) is 0.264. The molecule has 7 nitrogen and oxygen atoms in total. The summed E-state index contributed by atoms with van der Waals surface area (Å²) >= 11 is 0. The lowest BCUT2D eigenvalue weighted by molar-refractivity contribution is -0.120. The second kappa shape index (κ2) is 3.56. The van der Waals surface area contributed by atoms with E-state index in [2.05, 4.69) is 20.6 Å². The van der Waals surface area contributed by atoms with Gasteiger partial charge in [0.2, 0.25) is 5.91 Å². The van der Waals surface area contributed by atoms with Gasteiger partial charge in [-0.15, -0.1) is 0 Å². The Morgan fingerprint density at radius 1 is 1.53 bits per heavy atom. The molecular formula is C10H16N6O. The van der Waals surface area contributed by atoms with E-state index in [1.54, 1.807) is 25.6 Å². The molecule has 92 valence electrons. The Hall–Kier alpha value is -1.89. The van der Waals surface area contributed by atoms with E-state index in [-0.39, 0.29) is 5.91 Å². The Bertz CT molecular complexity index is 573. The van der Waals surface area contributed by atoms with E-state index in [9.17, 15) is 4.79 Å². The third-order valence-electron chi connectivity index (χ3n) is 2.54. The molecule has 2 rings (SSSR count). The number of rotatable bonds is 2.